The van der Waals surface area contributed by atoms with E-state index in [-0.39, 0.29) is 54.0 Å². The average molecular weight is 418 g/mol. The molecule has 5 rings (SSSR count). The summed E-state index contributed by atoms with van der Waals surface area (Å²) >= 11 is 0. The summed E-state index contributed by atoms with van der Waals surface area (Å²) in [5.74, 6) is -2.51. The Bertz CT molecular complexity index is 864. The van der Waals surface area contributed by atoms with Crippen LogP contribution in [0.5, 0.6) is 0 Å². The molecule has 4 fully saturated rings. The molecule has 0 bridgehead atoms. The molecule has 1 aliphatic heterocycles. The molecule has 1 saturated heterocycles. The first-order valence-electron chi connectivity index (χ1n) is 11.1. The number of fused-ring (bicyclic) bond motifs is 8. The molecule has 5 aliphatic rings. The molecule has 3 N–H and O–H groups in total. The highest BCUT2D eigenvalue weighted by Crippen LogP contribution is 2.73. The number of hydrogen-bond donors (Lipinski definition) is 3. The summed E-state index contributed by atoms with van der Waals surface area (Å²) in [6, 6.07) is 0. The van der Waals surface area contributed by atoms with Gasteiger partial charge in [0.25, 0.3) is 0 Å². The van der Waals surface area contributed by atoms with Crippen molar-refractivity contribution in [2.24, 2.45) is 34.5 Å². The first kappa shape index (κ1) is 20.2. The largest absolute Gasteiger partial charge is 0.481 e. The van der Waals surface area contributed by atoms with Gasteiger partial charge in [0, 0.05) is 24.2 Å². The fourth-order valence-corrected chi connectivity index (χ4v) is 8.02. The summed E-state index contributed by atoms with van der Waals surface area (Å²) < 4.78 is 6.22. The molecular formula is C23H30O7. The second kappa shape index (κ2) is 6.16. The number of aliphatic hydroxyl groups is 1. The highest BCUT2D eigenvalue weighted by Gasteiger charge is 2.77. The van der Waals surface area contributed by atoms with Crippen molar-refractivity contribution < 1.29 is 34.4 Å². The Morgan fingerprint density at radius 1 is 1.23 bits per heavy atom. The zero-order valence-electron chi connectivity index (χ0n) is 17.5. The van der Waals surface area contributed by atoms with Gasteiger partial charge in [0.05, 0.1) is 23.7 Å². The lowest BCUT2D eigenvalue weighted by atomic mass is 9.44. The van der Waals surface area contributed by atoms with Crippen LogP contribution < -0.4 is 0 Å². The van der Waals surface area contributed by atoms with Gasteiger partial charge in [0.15, 0.2) is 5.78 Å². The number of carbonyl (C=O) groups excluding carboxylic acids is 1. The number of aliphatic carboxylic acids is 2. The summed E-state index contributed by atoms with van der Waals surface area (Å²) in [5.41, 5.74) is -1.12. The Kier molecular flexibility index (Phi) is 4.15. The van der Waals surface area contributed by atoms with Crippen molar-refractivity contribution in [3.05, 3.63) is 11.6 Å². The van der Waals surface area contributed by atoms with E-state index in [1.807, 2.05) is 6.92 Å². The van der Waals surface area contributed by atoms with Crippen molar-refractivity contribution in [3.8, 4) is 0 Å². The van der Waals surface area contributed by atoms with E-state index < -0.39 is 28.9 Å². The predicted octanol–water partition coefficient (Wildman–Crippen LogP) is 2.41. The molecule has 0 radical (unpaired) electrons. The third-order valence-corrected chi connectivity index (χ3v) is 9.66. The molecular weight excluding hydrogens is 388 g/mol. The van der Waals surface area contributed by atoms with Crippen LogP contribution in [0.15, 0.2) is 11.6 Å². The number of ether oxygens (including phenoxy) is 1. The fraction of sp³-hybridized carbons (Fsp3) is 0.783. The topological polar surface area (TPSA) is 124 Å². The maximum Gasteiger partial charge on any atom is 0.307 e. The van der Waals surface area contributed by atoms with Crippen molar-refractivity contribution >= 4 is 17.7 Å². The molecule has 3 saturated carbocycles. The number of carboxylic acids is 2. The van der Waals surface area contributed by atoms with Crippen LogP contribution in [0.4, 0.5) is 0 Å². The first-order valence-corrected chi connectivity index (χ1v) is 11.1. The van der Waals surface area contributed by atoms with Crippen LogP contribution in [-0.4, -0.2) is 50.9 Å². The minimum absolute atomic E-state index is 0.0107. The molecule has 0 amide bonds. The quantitative estimate of drug-likeness (QED) is 0.599. The number of carboxylic acid groups (broad SMARTS) is 2. The van der Waals surface area contributed by atoms with E-state index in [1.165, 1.54) is 0 Å². The van der Waals surface area contributed by atoms with Crippen LogP contribution in [0.1, 0.15) is 58.8 Å². The lowest BCUT2D eigenvalue weighted by molar-refractivity contribution is -0.160. The Labute approximate surface area is 175 Å². The van der Waals surface area contributed by atoms with Crippen molar-refractivity contribution in [1.82, 2.24) is 0 Å². The summed E-state index contributed by atoms with van der Waals surface area (Å²) in [4.78, 5) is 35.7. The third kappa shape index (κ3) is 2.42. The molecule has 7 heteroatoms. The highest BCUT2D eigenvalue weighted by atomic mass is 16.6. The van der Waals surface area contributed by atoms with Crippen molar-refractivity contribution in [2.45, 2.75) is 76.6 Å². The first-order chi connectivity index (χ1) is 14.0. The smallest absolute Gasteiger partial charge is 0.307 e. The van der Waals surface area contributed by atoms with Gasteiger partial charge in [0.1, 0.15) is 0 Å². The zero-order chi connectivity index (χ0) is 21.6. The highest BCUT2D eigenvalue weighted by molar-refractivity contribution is 5.92. The lowest BCUT2D eigenvalue weighted by Crippen LogP contribution is -2.61. The molecule has 9 atom stereocenters. The fourth-order valence-electron chi connectivity index (χ4n) is 8.02. The minimum Gasteiger partial charge on any atom is -0.481 e. The van der Waals surface area contributed by atoms with E-state index in [0.717, 1.165) is 5.57 Å². The molecule has 0 spiro atoms. The lowest BCUT2D eigenvalue weighted by Gasteiger charge is -2.58. The Morgan fingerprint density at radius 2 is 1.97 bits per heavy atom. The van der Waals surface area contributed by atoms with E-state index in [1.54, 1.807) is 6.08 Å². The number of rotatable bonds is 4. The second-order valence-electron chi connectivity index (χ2n) is 10.7. The van der Waals surface area contributed by atoms with Gasteiger partial charge in [-0.3, -0.25) is 14.4 Å². The summed E-state index contributed by atoms with van der Waals surface area (Å²) in [7, 11) is 0. The van der Waals surface area contributed by atoms with Gasteiger partial charge >= 0.3 is 11.9 Å². The van der Waals surface area contributed by atoms with Gasteiger partial charge in [-0.25, -0.2) is 0 Å². The molecule has 0 aromatic carbocycles. The SMILES string of the molecule is C[C@]12CCC(=O)C=C1CC(C(=O)O)[C@@H]1[C@@H]2C2OC2[C@@]2(C)[C@H]1CC[C@]2(O)CCC(=O)O. The van der Waals surface area contributed by atoms with Crippen molar-refractivity contribution in [2.75, 3.05) is 0 Å². The van der Waals surface area contributed by atoms with Gasteiger partial charge in [0.2, 0.25) is 0 Å². The number of ketones is 1. The van der Waals surface area contributed by atoms with Gasteiger partial charge in [-0.2, -0.15) is 0 Å². The number of hydrogen-bond acceptors (Lipinski definition) is 5. The Balaban J connectivity index is 1.58. The Morgan fingerprint density at radius 3 is 2.63 bits per heavy atom. The minimum atomic E-state index is -1.16. The molecule has 30 heavy (non-hydrogen) atoms. The monoisotopic (exact) mass is 418 g/mol. The maximum absolute atomic E-state index is 12.4. The van der Waals surface area contributed by atoms with E-state index >= 15 is 0 Å². The van der Waals surface area contributed by atoms with Crippen LogP contribution >= 0.6 is 0 Å². The van der Waals surface area contributed by atoms with E-state index in [9.17, 15) is 29.7 Å². The van der Waals surface area contributed by atoms with Gasteiger partial charge < -0.3 is 20.1 Å². The predicted molar refractivity (Wildman–Crippen MR) is 104 cm³/mol. The zero-order valence-corrected chi connectivity index (χ0v) is 17.5. The van der Waals surface area contributed by atoms with Gasteiger partial charge in [-0.1, -0.05) is 19.4 Å². The van der Waals surface area contributed by atoms with Crippen LogP contribution in [-0.2, 0) is 19.1 Å². The van der Waals surface area contributed by atoms with Crippen LogP contribution in [0.25, 0.3) is 0 Å². The summed E-state index contributed by atoms with van der Waals surface area (Å²) in [6.45, 7) is 4.15. The summed E-state index contributed by atoms with van der Waals surface area (Å²) in [5, 5.41) is 30.9. The average Bonchev–Trinajstić information content (AvgIpc) is 3.42. The van der Waals surface area contributed by atoms with Crippen molar-refractivity contribution in [3.63, 3.8) is 0 Å². The van der Waals surface area contributed by atoms with Crippen LogP contribution in [0.2, 0.25) is 0 Å². The normalized spacial score (nSPS) is 51.2. The number of allylic oxidation sites excluding steroid dienone is 1. The summed E-state index contributed by atoms with van der Waals surface area (Å²) in [6.07, 6.45) is 4.11. The molecule has 4 aliphatic carbocycles. The molecule has 7 nitrogen and oxygen atoms in total. The second-order valence-corrected chi connectivity index (χ2v) is 10.7. The van der Waals surface area contributed by atoms with Crippen molar-refractivity contribution in [1.29, 1.82) is 0 Å². The maximum atomic E-state index is 12.4. The number of carbonyl (C=O) groups is 3. The molecule has 1 heterocycles. The molecule has 3 unspecified atom stereocenters. The standard InChI is InChI=1S/C23H30O7/c1-21-6-3-12(24)9-11(21)10-13(20(27)28)16-14-4-7-23(29,8-5-15(25)26)22(14,2)19-18(30-19)17(16)21/h9,13-14,16-19,29H,3-8,10H2,1-2H3,(H,25,26)(H,27,28)/t13?,14-,16-,17+,18?,19?,21-,22+,23-/m0/s1. The van der Waals surface area contributed by atoms with Crippen LogP contribution in [0.3, 0.4) is 0 Å². The Hall–Kier alpha value is -1.73. The molecule has 0 aromatic heterocycles. The van der Waals surface area contributed by atoms with E-state index in [2.05, 4.69) is 6.92 Å². The molecule has 0 aromatic rings. The van der Waals surface area contributed by atoms with E-state index in [4.69, 9.17) is 4.74 Å². The van der Waals surface area contributed by atoms with Gasteiger partial charge in [-0.15, -0.1) is 0 Å². The third-order valence-electron chi connectivity index (χ3n) is 9.66. The molecule has 164 valence electrons. The van der Waals surface area contributed by atoms with E-state index in [0.29, 0.717) is 32.1 Å². The number of epoxide rings is 1. The van der Waals surface area contributed by atoms with Crippen LogP contribution in [0, 0.1) is 34.5 Å². The van der Waals surface area contributed by atoms with Gasteiger partial charge in [-0.05, 0) is 55.4 Å².